The van der Waals surface area contributed by atoms with Crippen LogP contribution in [-0.4, -0.2) is 19.9 Å². The zero-order valence-electron chi connectivity index (χ0n) is 28.2. The summed E-state index contributed by atoms with van der Waals surface area (Å²) in [5.41, 5.74) is 13.1. The highest BCUT2D eigenvalue weighted by atomic mass is 15.0. The van der Waals surface area contributed by atoms with Crippen LogP contribution in [0, 0.1) is 11.3 Å². The van der Waals surface area contributed by atoms with Crippen molar-refractivity contribution in [2.75, 3.05) is 0 Å². The minimum Gasteiger partial charge on any atom is -0.256 e. The molecule has 0 spiro atoms. The predicted octanol–water partition coefficient (Wildman–Crippen LogP) is 10.9. The molecule has 5 nitrogen and oxygen atoms in total. The van der Waals surface area contributed by atoms with Gasteiger partial charge in [0.25, 0.3) is 0 Å². The molecule has 6 aromatic carbocycles. The van der Waals surface area contributed by atoms with E-state index in [0.717, 1.165) is 49.8 Å². The fourth-order valence-corrected chi connectivity index (χ4v) is 7.24. The minimum absolute atomic E-state index is 0.264. The molecule has 0 bridgehead atoms. The van der Waals surface area contributed by atoms with E-state index in [1.807, 2.05) is 97.2 Å². The molecule has 0 fully saturated rings. The number of hydrogen-bond acceptors (Lipinski definition) is 5. The molecule has 240 valence electrons. The molecule has 0 radical (unpaired) electrons. The van der Waals surface area contributed by atoms with Crippen molar-refractivity contribution >= 4 is 10.9 Å². The molecule has 0 atom stereocenters. The number of para-hydroxylation sites is 1. The number of hydrogen-bond donors (Lipinski definition) is 0. The van der Waals surface area contributed by atoms with Crippen molar-refractivity contribution < 1.29 is 0 Å². The first kappa shape index (κ1) is 30.3. The van der Waals surface area contributed by atoms with Gasteiger partial charge in [-0.3, -0.25) is 4.98 Å². The number of nitrogens with zero attached hydrogens (tertiary/aromatic N) is 5. The lowest BCUT2D eigenvalue weighted by atomic mass is 9.81. The quantitative estimate of drug-likeness (QED) is 0.185. The van der Waals surface area contributed by atoms with Gasteiger partial charge in [0, 0.05) is 39.3 Å². The summed E-state index contributed by atoms with van der Waals surface area (Å²) >= 11 is 0. The van der Waals surface area contributed by atoms with E-state index >= 15 is 0 Å². The third-order valence-electron chi connectivity index (χ3n) is 9.95. The highest BCUT2D eigenvalue weighted by Gasteiger charge is 2.36. The van der Waals surface area contributed by atoms with E-state index in [4.69, 9.17) is 19.9 Å². The van der Waals surface area contributed by atoms with Gasteiger partial charge in [-0.05, 0) is 87.5 Å². The zero-order chi connectivity index (χ0) is 34.5. The third-order valence-corrected chi connectivity index (χ3v) is 9.95. The van der Waals surface area contributed by atoms with E-state index in [0.29, 0.717) is 23.0 Å². The maximum absolute atomic E-state index is 9.64. The molecule has 1 aliphatic carbocycles. The third kappa shape index (κ3) is 5.35. The van der Waals surface area contributed by atoms with Crippen molar-refractivity contribution in [1.82, 2.24) is 19.9 Å². The topological polar surface area (TPSA) is 75.3 Å². The SMILES string of the molecule is CC1(C)c2cc(C#N)ccc2-c2ccc(-c3cc(-c4cnc5ccccc5c4)cc(-c4nc(-c5ccccc5)nc(-c5ccccc5)n4)c3)cc21. The second-order valence-electron chi connectivity index (χ2n) is 13.5. The number of rotatable bonds is 5. The molecular weight excluding hydrogens is 623 g/mol. The Bertz CT molecular complexity index is 2620. The zero-order valence-corrected chi connectivity index (χ0v) is 28.2. The van der Waals surface area contributed by atoms with Crippen LogP contribution in [0.4, 0.5) is 0 Å². The Labute approximate surface area is 296 Å². The van der Waals surface area contributed by atoms with Crippen molar-refractivity contribution in [2.45, 2.75) is 19.3 Å². The fraction of sp³-hybridized carbons (Fsp3) is 0.0652. The Hall–Kier alpha value is -6.77. The molecule has 0 saturated carbocycles. The lowest BCUT2D eigenvalue weighted by Gasteiger charge is -2.22. The van der Waals surface area contributed by atoms with Gasteiger partial charge in [-0.25, -0.2) is 15.0 Å². The maximum Gasteiger partial charge on any atom is 0.164 e. The standard InChI is InChI=1S/C46H31N5/c1-46(2)40-21-29(27-47)17-19-38(40)39-20-18-32(26-41(39)46)34-23-35(37-22-33-15-9-10-16-42(33)48-28-37)25-36(24-34)45-50-43(30-11-5-3-6-12-30)49-44(51-45)31-13-7-4-8-14-31/h3-26,28H,1-2H3. The Morgan fingerprint density at radius 3 is 1.69 bits per heavy atom. The van der Waals surface area contributed by atoms with Crippen LogP contribution in [0.2, 0.25) is 0 Å². The predicted molar refractivity (Wildman–Crippen MR) is 205 cm³/mol. The smallest absolute Gasteiger partial charge is 0.164 e. The van der Waals surface area contributed by atoms with Crippen LogP contribution in [0.3, 0.4) is 0 Å². The Kier molecular flexibility index (Phi) is 7.12. The summed E-state index contributed by atoms with van der Waals surface area (Å²) in [6.45, 7) is 4.48. The highest BCUT2D eigenvalue weighted by molar-refractivity contribution is 5.88. The molecule has 8 aromatic rings. The fourth-order valence-electron chi connectivity index (χ4n) is 7.24. The first-order chi connectivity index (χ1) is 24.9. The highest BCUT2D eigenvalue weighted by Crippen LogP contribution is 2.50. The van der Waals surface area contributed by atoms with Gasteiger partial charge < -0.3 is 0 Å². The lowest BCUT2D eigenvalue weighted by molar-refractivity contribution is 0.660. The largest absolute Gasteiger partial charge is 0.256 e. The number of aromatic nitrogens is 4. The van der Waals surface area contributed by atoms with Crippen LogP contribution in [0.5, 0.6) is 0 Å². The second kappa shape index (κ2) is 12.0. The van der Waals surface area contributed by atoms with E-state index in [2.05, 4.69) is 74.5 Å². The van der Waals surface area contributed by atoms with Gasteiger partial charge in [0.2, 0.25) is 0 Å². The molecule has 2 heterocycles. The summed E-state index contributed by atoms with van der Waals surface area (Å²) in [6, 6.07) is 52.1. The van der Waals surface area contributed by atoms with Gasteiger partial charge in [-0.15, -0.1) is 0 Å². The van der Waals surface area contributed by atoms with Gasteiger partial charge >= 0.3 is 0 Å². The van der Waals surface area contributed by atoms with E-state index in [9.17, 15) is 5.26 Å². The molecule has 0 unspecified atom stereocenters. The van der Waals surface area contributed by atoms with Gasteiger partial charge in [0.1, 0.15) is 0 Å². The van der Waals surface area contributed by atoms with Crippen LogP contribution in [0.1, 0.15) is 30.5 Å². The molecule has 5 heteroatoms. The van der Waals surface area contributed by atoms with E-state index in [-0.39, 0.29) is 5.41 Å². The monoisotopic (exact) mass is 653 g/mol. The average Bonchev–Trinajstić information content (AvgIpc) is 3.42. The summed E-state index contributed by atoms with van der Waals surface area (Å²) in [5, 5.41) is 10.7. The number of pyridine rings is 1. The first-order valence-corrected chi connectivity index (χ1v) is 17.0. The van der Waals surface area contributed by atoms with Gasteiger partial charge in [-0.1, -0.05) is 111 Å². The first-order valence-electron chi connectivity index (χ1n) is 17.0. The van der Waals surface area contributed by atoms with E-state index < -0.39 is 0 Å². The lowest BCUT2D eigenvalue weighted by Crippen LogP contribution is -2.15. The number of fused-ring (bicyclic) bond motifs is 4. The van der Waals surface area contributed by atoms with Gasteiger partial charge in [0.15, 0.2) is 17.5 Å². The van der Waals surface area contributed by atoms with Crippen LogP contribution in [0.25, 0.3) is 78.4 Å². The molecule has 0 N–H and O–H groups in total. The molecule has 2 aromatic heterocycles. The van der Waals surface area contributed by atoms with Crippen LogP contribution < -0.4 is 0 Å². The Morgan fingerprint density at radius 2 is 1.02 bits per heavy atom. The average molecular weight is 654 g/mol. The molecule has 9 rings (SSSR count). The van der Waals surface area contributed by atoms with Crippen molar-refractivity contribution in [1.29, 1.82) is 5.26 Å². The van der Waals surface area contributed by atoms with Crippen LogP contribution in [0.15, 0.2) is 152 Å². The molecule has 0 saturated heterocycles. The molecule has 0 amide bonds. The van der Waals surface area contributed by atoms with Crippen LogP contribution >= 0.6 is 0 Å². The summed E-state index contributed by atoms with van der Waals surface area (Å²) in [6.07, 6.45) is 1.94. The van der Waals surface area contributed by atoms with Crippen molar-refractivity contribution in [3.8, 4) is 73.6 Å². The summed E-state index contributed by atoms with van der Waals surface area (Å²) < 4.78 is 0. The normalized spacial score (nSPS) is 12.6. The summed E-state index contributed by atoms with van der Waals surface area (Å²) in [5.74, 6) is 1.83. The number of nitriles is 1. The minimum atomic E-state index is -0.264. The van der Waals surface area contributed by atoms with Crippen molar-refractivity contribution in [3.63, 3.8) is 0 Å². The number of benzene rings is 6. The summed E-state index contributed by atoms with van der Waals surface area (Å²) in [7, 11) is 0. The summed E-state index contributed by atoms with van der Waals surface area (Å²) in [4.78, 5) is 19.9. The Balaban J connectivity index is 1.25. The molecular formula is C46H31N5. The van der Waals surface area contributed by atoms with E-state index in [1.165, 1.54) is 22.3 Å². The molecule has 51 heavy (non-hydrogen) atoms. The van der Waals surface area contributed by atoms with E-state index in [1.54, 1.807) is 0 Å². The molecule has 0 aliphatic heterocycles. The molecule has 1 aliphatic rings. The van der Waals surface area contributed by atoms with Crippen molar-refractivity contribution in [3.05, 3.63) is 168 Å². The van der Waals surface area contributed by atoms with Crippen LogP contribution in [-0.2, 0) is 5.41 Å². The van der Waals surface area contributed by atoms with Crippen molar-refractivity contribution in [2.24, 2.45) is 0 Å². The maximum atomic E-state index is 9.64. The van der Waals surface area contributed by atoms with Gasteiger partial charge in [0.05, 0.1) is 17.1 Å². The Morgan fingerprint density at radius 1 is 0.471 bits per heavy atom. The second-order valence-corrected chi connectivity index (χ2v) is 13.5. The van der Waals surface area contributed by atoms with Gasteiger partial charge in [-0.2, -0.15) is 5.26 Å².